The van der Waals surface area contributed by atoms with E-state index in [0.717, 1.165) is 6.92 Å². The molecule has 0 heterocycles. The Labute approximate surface area is 278 Å². The van der Waals surface area contributed by atoms with Gasteiger partial charge in [0.15, 0.2) is 0 Å². The number of amides is 3. The SMILES string of the molecule is CCOC(=O)C[C@H](COc1cc(C(=N)N)ccc1C=C(NC(C)=O)C(=O)O)NC(=O)c1ccc(C(=O)N(C)C)cc1.COC(=O)C(F)(F)F. The highest BCUT2D eigenvalue weighted by molar-refractivity contribution is 5.99. The van der Waals surface area contributed by atoms with Crippen LogP contribution in [0.3, 0.4) is 0 Å². The number of rotatable bonds is 13. The van der Waals surface area contributed by atoms with Crippen LogP contribution in [0.15, 0.2) is 48.2 Å². The summed E-state index contributed by atoms with van der Waals surface area (Å²) < 4.78 is 47.2. The van der Waals surface area contributed by atoms with E-state index in [1.165, 1.54) is 53.4 Å². The highest BCUT2D eigenvalue weighted by Gasteiger charge is 2.40. The van der Waals surface area contributed by atoms with Crippen LogP contribution in [0.2, 0.25) is 0 Å². The summed E-state index contributed by atoms with van der Waals surface area (Å²) in [6.07, 6.45) is -3.94. The van der Waals surface area contributed by atoms with E-state index >= 15 is 0 Å². The molecule has 0 saturated heterocycles. The normalized spacial score (nSPS) is 11.5. The van der Waals surface area contributed by atoms with Crippen molar-refractivity contribution in [3.8, 4) is 5.75 Å². The Kier molecular flexibility index (Phi) is 15.9. The number of nitrogens with two attached hydrogens (primary N) is 1. The first-order chi connectivity index (χ1) is 22.8. The molecule has 15 nitrogen and oxygen atoms in total. The van der Waals surface area contributed by atoms with Crippen molar-refractivity contribution in [1.82, 2.24) is 15.5 Å². The zero-order chi connectivity index (χ0) is 37.5. The van der Waals surface area contributed by atoms with Gasteiger partial charge in [-0.3, -0.25) is 24.6 Å². The summed E-state index contributed by atoms with van der Waals surface area (Å²) in [5.41, 5.74) is 6.30. The fourth-order valence-corrected chi connectivity index (χ4v) is 3.61. The minimum Gasteiger partial charge on any atom is -0.491 e. The lowest BCUT2D eigenvalue weighted by Gasteiger charge is -2.20. The second-order valence-corrected chi connectivity index (χ2v) is 9.97. The molecular formula is C31H36F3N5O10. The number of carbonyl (C=O) groups excluding carboxylic acids is 5. The molecular weight excluding hydrogens is 659 g/mol. The lowest BCUT2D eigenvalue weighted by atomic mass is 10.1. The van der Waals surface area contributed by atoms with Crippen molar-refractivity contribution in [1.29, 1.82) is 5.41 Å². The number of nitrogen functional groups attached to an aromatic ring is 1. The van der Waals surface area contributed by atoms with Crippen molar-refractivity contribution in [3.63, 3.8) is 0 Å². The average Bonchev–Trinajstić information content (AvgIpc) is 3.02. The summed E-state index contributed by atoms with van der Waals surface area (Å²) in [6, 6.07) is 9.39. The van der Waals surface area contributed by atoms with Crippen molar-refractivity contribution in [2.45, 2.75) is 32.5 Å². The predicted octanol–water partition coefficient (Wildman–Crippen LogP) is 2.09. The van der Waals surface area contributed by atoms with Crippen molar-refractivity contribution >= 4 is 47.5 Å². The predicted molar refractivity (Wildman–Crippen MR) is 167 cm³/mol. The molecule has 2 aromatic rings. The number of aliphatic carboxylic acids is 1. The maximum atomic E-state index is 13.0. The van der Waals surface area contributed by atoms with Crippen LogP contribution in [0.1, 0.15) is 52.1 Å². The fraction of sp³-hybridized carbons (Fsp3) is 0.323. The molecule has 3 amide bonds. The van der Waals surface area contributed by atoms with Crippen LogP contribution in [-0.4, -0.2) is 98.1 Å². The first-order valence-corrected chi connectivity index (χ1v) is 14.1. The third-order valence-electron chi connectivity index (χ3n) is 5.88. The molecule has 0 aromatic heterocycles. The van der Waals surface area contributed by atoms with Gasteiger partial charge < -0.3 is 40.6 Å². The third-order valence-corrected chi connectivity index (χ3v) is 5.88. The molecule has 0 bridgehead atoms. The summed E-state index contributed by atoms with van der Waals surface area (Å²) in [5.74, 6) is -5.72. The number of carboxylic acid groups (broad SMARTS) is 1. The van der Waals surface area contributed by atoms with E-state index in [0.29, 0.717) is 12.7 Å². The third kappa shape index (κ3) is 14.2. The van der Waals surface area contributed by atoms with E-state index in [1.54, 1.807) is 21.0 Å². The number of carboxylic acids is 1. The monoisotopic (exact) mass is 695 g/mol. The Bertz CT molecular complexity index is 1570. The molecule has 2 rings (SSSR count). The summed E-state index contributed by atoms with van der Waals surface area (Å²) in [7, 11) is 3.90. The molecule has 6 N–H and O–H groups in total. The van der Waals surface area contributed by atoms with Crippen LogP contribution in [0, 0.1) is 5.41 Å². The summed E-state index contributed by atoms with van der Waals surface area (Å²) >= 11 is 0. The summed E-state index contributed by atoms with van der Waals surface area (Å²) in [5, 5.41) is 22.1. The molecule has 0 fully saturated rings. The van der Waals surface area contributed by atoms with Crippen LogP contribution < -0.4 is 21.1 Å². The molecule has 18 heteroatoms. The molecule has 0 unspecified atom stereocenters. The number of ether oxygens (including phenoxy) is 3. The second-order valence-electron chi connectivity index (χ2n) is 9.97. The molecule has 0 saturated carbocycles. The largest absolute Gasteiger partial charge is 0.491 e. The van der Waals surface area contributed by atoms with Crippen molar-refractivity contribution in [2.24, 2.45) is 5.73 Å². The van der Waals surface area contributed by atoms with Crippen LogP contribution >= 0.6 is 0 Å². The van der Waals surface area contributed by atoms with Crippen LogP contribution in [-0.2, 0) is 28.7 Å². The molecule has 0 aliphatic rings. The molecule has 0 aliphatic carbocycles. The van der Waals surface area contributed by atoms with E-state index < -0.39 is 47.6 Å². The number of nitrogens with one attached hydrogen (secondary N) is 3. The number of methoxy groups -OCH3 is 1. The standard InChI is InChI=1S/C28H33N5O8.C3H3F3O2/c1-5-40-24(35)14-21(32-26(36)17-6-8-18(9-7-17)27(37)33(3)4)15-41-23-13-20(25(29)30)11-10-19(23)12-22(28(38)39)31-16(2)34;1-8-2(7)3(4,5)6/h6-13,21H,5,14-15H2,1-4H3,(H3,29,30)(H,31,34)(H,32,36)(H,38,39);1H3/t21-;/m1./s1. The zero-order valence-corrected chi connectivity index (χ0v) is 27.1. The number of nitrogens with zero attached hydrogens (tertiary/aromatic N) is 1. The smallest absolute Gasteiger partial charge is 0.490 e. The average molecular weight is 696 g/mol. The van der Waals surface area contributed by atoms with Gasteiger partial charge in [0, 0.05) is 43.3 Å². The molecule has 0 spiro atoms. The summed E-state index contributed by atoms with van der Waals surface area (Å²) in [6.45, 7) is 2.66. The van der Waals surface area contributed by atoms with Gasteiger partial charge in [0.2, 0.25) is 5.91 Å². The number of hydrogen-bond donors (Lipinski definition) is 5. The number of halogens is 3. The second kappa shape index (κ2) is 19.0. The molecule has 49 heavy (non-hydrogen) atoms. The fourth-order valence-electron chi connectivity index (χ4n) is 3.61. The Morgan fingerprint density at radius 1 is 1.02 bits per heavy atom. The van der Waals surface area contributed by atoms with Crippen LogP contribution in [0.25, 0.3) is 6.08 Å². The summed E-state index contributed by atoms with van der Waals surface area (Å²) in [4.78, 5) is 71.4. The van der Waals surface area contributed by atoms with Gasteiger partial charge in [0.1, 0.15) is 23.9 Å². The first-order valence-electron chi connectivity index (χ1n) is 14.1. The highest BCUT2D eigenvalue weighted by atomic mass is 19.4. The van der Waals surface area contributed by atoms with E-state index in [4.69, 9.17) is 20.6 Å². The molecule has 0 aliphatic heterocycles. The first kappa shape index (κ1) is 41.1. The number of hydrogen-bond acceptors (Lipinski definition) is 10. The van der Waals surface area contributed by atoms with E-state index in [-0.39, 0.29) is 53.8 Å². The van der Waals surface area contributed by atoms with E-state index in [9.17, 15) is 47.0 Å². The number of alkyl halides is 3. The van der Waals surface area contributed by atoms with Crippen molar-refractivity contribution in [3.05, 3.63) is 70.4 Å². The minimum atomic E-state index is -4.85. The number of benzene rings is 2. The molecule has 266 valence electrons. The number of amidine groups is 1. The van der Waals surface area contributed by atoms with E-state index in [2.05, 4.69) is 15.4 Å². The van der Waals surface area contributed by atoms with Gasteiger partial charge in [-0.05, 0) is 43.3 Å². The Morgan fingerprint density at radius 3 is 2.04 bits per heavy atom. The van der Waals surface area contributed by atoms with E-state index in [1.807, 2.05) is 0 Å². The molecule has 0 radical (unpaired) electrons. The lowest BCUT2D eigenvalue weighted by molar-refractivity contribution is -0.196. The zero-order valence-electron chi connectivity index (χ0n) is 27.1. The maximum Gasteiger partial charge on any atom is 0.490 e. The Hall–Kier alpha value is -5.94. The number of carbonyl (C=O) groups is 6. The van der Waals surface area contributed by atoms with Crippen molar-refractivity contribution < 1.29 is 61.3 Å². The van der Waals surface area contributed by atoms with Crippen LogP contribution in [0.5, 0.6) is 5.75 Å². The van der Waals surface area contributed by atoms with Gasteiger partial charge in [-0.2, -0.15) is 13.2 Å². The molecule has 2 aromatic carbocycles. The molecule has 1 atom stereocenters. The number of esters is 2. The Balaban J connectivity index is 0.00000133. The highest BCUT2D eigenvalue weighted by Crippen LogP contribution is 2.24. The minimum absolute atomic E-state index is 0.0801. The van der Waals surface area contributed by atoms with Crippen molar-refractivity contribution in [2.75, 3.05) is 34.4 Å². The van der Waals surface area contributed by atoms with Gasteiger partial charge >= 0.3 is 24.1 Å². The quantitative estimate of drug-likeness (QED) is 0.0882. The van der Waals surface area contributed by atoms with Gasteiger partial charge in [-0.15, -0.1) is 0 Å². The van der Waals surface area contributed by atoms with Crippen LogP contribution in [0.4, 0.5) is 13.2 Å². The van der Waals surface area contributed by atoms with Gasteiger partial charge in [0.05, 0.1) is 26.2 Å². The van der Waals surface area contributed by atoms with Gasteiger partial charge in [-0.25, -0.2) is 9.59 Å². The maximum absolute atomic E-state index is 13.0. The van der Waals surface area contributed by atoms with Gasteiger partial charge in [-0.1, -0.05) is 12.1 Å². The Morgan fingerprint density at radius 2 is 1.59 bits per heavy atom. The lowest BCUT2D eigenvalue weighted by Crippen LogP contribution is -2.41. The van der Waals surface area contributed by atoms with Gasteiger partial charge in [0.25, 0.3) is 11.8 Å². The topological polar surface area (TPSA) is 228 Å².